The van der Waals surface area contributed by atoms with Crippen LogP contribution in [-0.4, -0.2) is 275 Å². The van der Waals surface area contributed by atoms with E-state index < -0.39 is 227 Å². The van der Waals surface area contributed by atoms with Gasteiger partial charge < -0.3 is 97.0 Å². The fourth-order valence-electron chi connectivity index (χ4n) is 14.1. The predicted octanol–water partition coefficient (Wildman–Crippen LogP) is 0.714. The Morgan fingerprint density at radius 3 is 0.817 bits per heavy atom. The second-order valence-corrected chi connectivity index (χ2v) is 30.7. The van der Waals surface area contributed by atoms with E-state index in [1.165, 1.54) is 54.8 Å². The minimum absolute atomic E-state index is 0.0395. The lowest BCUT2D eigenvalue weighted by Crippen LogP contribution is -2.56. The monoisotopic (exact) mass is 1810 g/mol. The maximum absolute atomic E-state index is 13.1. The highest BCUT2D eigenvalue weighted by Gasteiger charge is 2.64. The molecule has 0 bridgehead atoms. The Balaban J connectivity index is 0.000000795. The molecular formula is C84H138N6O36. The molecule has 0 saturated heterocycles. The van der Waals surface area contributed by atoms with Gasteiger partial charge in [-0.25, -0.2) is 56.2 Å². The number of ether oxygens (including phenoxy) is 14. The van der Waals surface area contributed by atoms with Gasteiger partial charge in [-0.3, -0.25) is 47.9 Å². The molecule has 126 heavy (non-hydrogen) atoms. The van der Waals surface area contributed by atoms with E-state index in [1.807, 2.05) is 0 Å². The molecule has 3 aliphatic carbocycles. The van der Waals surface area contributed by atoms with Crippen LogP contribution in [0.3, 0.4) is 0 Å². The zero-order valence-corrected chi connectivity index (χ0v) is 76.1. The number of esters is 10. The second kappa shape index (κ2) is 60.4. The zero-order valence-electron chi connectivity index (χ0n) is 76.1. The molecule has 2 heterocycles. The lowest BCUT2D eigenvalue weighted by molar-refractivity contribution is -0.172. The highest BCUT2D eigenvalue weighted by molar-refractivity contribution is 5.89. The van der Waals surface area contributed by atoms with E-state index in [2.05, 4.69) is 22.6 Å². The number of carbonyl (C=O) groups is 10. The minimum atomic E-state index is -1.30. The van der Waals surface area contributed by atoms with E-state index in [-0.39, 0.29) is 91.8 Å². The number of fused-ring (bicyclic) bond motifs is 1. The Kier molecular flexibility index (Phi) is 54.9. The molecule has 3 fully saturated rings. The molecule has 0 aliphatic heterocycles. The van der Waals surface area contributed by atoms with Crippen molar-refractivity contribution in [3.63, 3.8) is 0 Å². The van der Waals surface area contributed by atoms with Gasteiger partial charge in [0.1, 0.15) is 37.6 Å². The van der Waals surface area contributed by atoms with E-state index in [4.69, 9.17) is 56.8 Å². The summed E-state index contributed by atoms with van der Waals surface area (Å²) in [5, 5.41) is 57.7. The van der Waals surface area contributed by atoms with E-state index in [9.17, 15) is 107 Å². The van der Waals surface area contributed by atoms with Gasteiger partial charge in [0.2, 0.25) is 0 Å². The van der Waals surface area contributed by atoms with Crippen LogP contribution >= 0.6 is 0 Å². The quantitative estimate of drug-likeness (QED) is 0.0302. The number of hydrogen-bond acceptors (Lipinski definition) is 36. The molecule has 42 heteroatoms. The molecule has 720 valence electrons. The molecule has 0 amide bonds. The summed E-state index contributed by atoms with van der Waals surface area (Å²) in [5.41, 5.74) is -4.80. The average molecular weight is 1810 g/mol. The molecule has 3 saturated carbocycles. The van der Waals surface area contributed by atoms with E-state index in [1.54, 1.807) is 69.2 Å². The Labute approximate surface area is 732 Å². The molecular weight excluding hydrogens is 1670 g/mol. The normalized spacial score (nSPS) is 20.2. The summed E-state index contributed by atoms with van der Waals surface area (Å²) in [6.45, 7) is 23.7. The van der Waals surface area contributed by atoms with Crippen molar-refractivity contribution in [2.45, 2.75) is 259 Å². The topological polar surface area (TPSA) is 553 Å². The molecule has 18 unspecified atom stereocenters. The smallest absolute Gasteiger partial charge is 0.336 e. The maximum Gasteiger partial charge on any atom is 0.336 e. The number of allylic oxidation sites excluding steroid dienone is 2. The predicted molar refractivity (Wildman–Crippen MR) is 448 cm³/mol. The van der Waals surface area contributed by atoms with E-state index >= 15 is 0 Å². The summed E-state index contributed by atoms with van der Waals surface area (Å²) in [4.78, 5) is 198. The Morgan fingerprint density at radius 1 is 0.341 bits per heavy atom. The lowest BCUT2D eigenvalue weighted by atomic mass is 9.79. The van der Waals surface area contributed by atoms with Gasteiger partial charge in [-0.15, -0.1) is 13.2 Å². The van der Waals surface area contributed by atoms with Crippen molar-refractivity contribution in [2.75, 3.05) is 96.5 Å². The first kappa shape index (κ1) is 115. The van der Waals surface area contributed by atoms with Crippen LogP contribution in [0.5, 0.6) is 0 Å². The molecule has 2 aromatic heterocycles. The summed E-state index contributed by atoms with van der Waals surface area (Å²) in [6.07, 6.45) is 0.371. The highest BCUT2D eigenvalue weighted by Crippen LogP contribution is 2.58. The van der Waals surface area contributed by atoms with Crippen molar-refractivity contribution in [3.8, 4) is 0 Å². The van der Waals surface area contributed by atoms with Crippen molar-refractivity contribution in [3.05, 3.63) is 88.2 Å². The minimum Gasteiger partial charge on any atom is -0.469 e. The van der Waals surface area contributed by atoms with Gasteiger partial charge in [0.15, 0.2) is 0 Å². The van der Waals surface area contributed by atoms with Crippen molar-refractivity contribution in [2.24, 2.45) is 59.2 Å². The van der Waals surface area contributed by atoms with E-state index in [0.717, 1.165) is 54.5 Å². The first-order chi connectivity index (χ1) is 59.6. The number of hydrogen-bond donors (Lipinski definition) is 6. The van der Waals surface area contributed by atoms with Crippen LogP contribution < -0.4 is 34.1 Å². The third-order valence-electron chi connectivity index (χ3n) is 21.1. The number of carbonyl (C=O) groups excluding carboxylic acids is 10. The van der Waals surface area contributed by atoms with Crippen LogP contribution in [0.25, 0.3) is 0 Å². The standard InChI is InChI=1S/C22H34O10.C18H30O10.C16H28O6.2C14H23N3O5/c1-11(9-27-3)31-21(25)15-7-13(19(23)29-5)17-14(20(24)30-6)8-16(18(15)17)22(26)32-12(2)10-28-4;1-11(9-23-3)27-17(21)13(7-15(19)25-5)14(8-16(20)26-6)18(22)28-12(2)10-24-4;1-3-11(17)9-21-15(19)13-7-5-6-8-14(13)16(20)22-10-12(18)4-2;2*1-4-7-15-12(20)16(8-10(18)5-2)14(22)17(13(15)21)9-11(19)6-3/h11-18H,7-10H2,1-6H3;11-14H,7-10H2,1-6H3;11-14,17-18H,3-10H2,1-2H3;2*4,10-11,18-19H,1,5-9H2,2-3H3. The summed E-state index contributed by atoms with van der Waals surface area (Å²) in [7, 11) is 10.7. The molecule has 3 aliphatic rings. The SMILES string of the molecule is C=CCn1c(=O)n(CC(O)CC)c(=O)n(CC(O)CC)c1=O.C=CCn1c(=O)n(CC(O)CC)c(=O)n(CC(O)CC)c1=O.CCC(O)COC(=O)C1CCCCC1C(=O)OCC(O)CC.COCC(C)OC(=O)C(CC(=O)OC)C(CC(=O)OC)C(=O)OC(C)COC.COCC(C)OC(=O)C1CC(C(=O)OC)C2C(C(=O)OC)CC(C(=O)OC(C)COC)C12. The Hall–Kier alpha value is -9.40. The third kappa shape index (κ3) is 36.4. The van der Waals surface area contributed by atoms with Crippen molar-refractivity contribution in [1.82, 2.24) is 27.4 Å². The van der Waals surface area contributed by atoms with Crippen molar-refractivity contribution < 1.29 is 145 Å². The molecule has 0 radical (unpaired) electrons. The molecule has 5 rings (SSSR count). The fourth-order valence-corrected chi connectivity index (χ4v) is 14.1. The maximum atomic E-state index is 13.1. The van der Waals surface area contributed by atoms with Crippen LogP contribution in [0.15, 0.2) is 54.1 Å². The fraction of sp³-hybridized carbons (Fsp3) is 0.762. The Morgan fingerprint density at radius 2 is 0.587 bits per heavy atom. The van der Waals surface area contributed by atoms with Gasteiger partial charge >= 0.3 is 93.8 Å². The molecule has 0 aromatic carbocycles. The second-order valence-electron chi connectivity index (χ2n) is 30.7. The van der Waals surface area contributed by atoms with Crippen molar-refractivity contribution in [1.29, 1.82) is 0 Å². The third-order valence-corrected chi connectivity index (χ3v) is 21.1. The van der Waals surface area contributed by atoms with Crippen molar-refractivity contribution >= 4 is 59.7 Å². The van der Waals surface area contributed by atoms with Gasteiger partial charge in [0.25, 0.3) is 0 Å². The number of rotatable bonds is 47. The molecule has 6 N–H and O–H groups in total. The average Bonchev–Trinajstić information content (AvgIpc) is 1.57. The molecule has 2 aromatic rings. The number of aliphatic hydroxyl groups is 6. The molecule has 42 nitrogen and oxygen atoms in total. The van der Waals surface area contributed by atoms with Crippen LogP contribution in [-0.2, 0) is 154 Å². The summed E-state index contributed by atoms with van der Waals surface area (Å²) in [6, 6.07) is 0. The van der Waals surface area contributed by atoms with Gasteiger partial charge in [0.05, 0.1) is 191 Å². The zero-order chi connectivity index (χ0) is 95.9. The number of methoxy groups -OCH3 is 8. The van der Waals surface area contributed by atoms with Crippen LogP contribution in [0.1, 0.15) is 159 Å². The first-order valence-corrected chi connectivity index (χ1v) is 42.2. The van der Waals surface area contributed by atoms with Gasteiger partial charge in [-0.05, 0) is 104 Å². The van der Waals surface area contributed by atoms with Gasteiger partial charge in [-0.1, -0.05) is 66.5 Å². The highest BCUT2D eigenvalue weighted by atomic mass is 16.6. The summed E-state index contributed by atoms with van der Waals surface area (Å²) in [5.74, 6) is -14.0. The summed E-state index contributed by atoms with van der Waals surface area (Å²) >= 11 is 0. The Bertz CT molecular complexity index is 3770. The molecule has 0 spiro atoms. The van der Waals surface area contributed by atoms with Gasteiger partial charge in [-0.2, -0.15) is 0 Å². The number of nitrogens with zero attached hydrogens (tertiary/aromatic N) is 6. The van der Waals surface area contributed by atoms with Gasteiger partial charge in [0, 0.05) is 28.4 Å². The van der Waals surface area contributed by atoms with Crippen LogP contribution in [0.2, 0.25) is 0 Å². The summed E-state index contributed by atoms with van der Waals surface area (Å²) < 4.78 is 75.7. The lowest BCUT2D eigenvalue weighted by Gasteiger charge is -2.28. The molecule has 18 atom stereocenters. The number of aliphatic hydroxyl groups excluding tert-OH is 6. The van der Waals surface area contributed by atoms with Crippen LogP contribution in [0, 0.1) is 59.2 Å². The van der Waals surface area contributed by atoms with Crippen LogP contribution in [0.4, 0.5) is 0 Å². The first-order valence-electron chi connectivity index (χ1n) is 42.2. The van der Waals surface area contributed by atoms with E-state index in [0.29, 0.717) is 51.4 Å². The largest absolute Gasteiger partial charge is 0.469 e. The number of aromatic nitrogens is 6.